The summed E-state index contributed by atoms with van der Waals surface area (Å²) in [4.78, 5) is 10.6. The Bertz CT molecular complexity index is 684. The van der Waals surface area contributed by atoms with E-state index in [4.69, 9.17) is 14.1 Å². The number of aromatic carboxylic acids is 1. The molecule has 0 aliphatic carbocycles. The van der Waals surface area contributed by atoms with Gasteiger partial charge in [-0.3, -0.25) is 4.55 Å². The number of carboxylic acids is 1. The molecule has 6 nitrogen and oxygen atoms in total. The largest absolute Gasteiger partial charge is 0.478 e. The molecule has 0 atom stereocenters. The zero-order chi connectivity index (χ0) is 13.3. The Morgan fingerprint density at radius 2 is 1.94 bits per heavy atom. The van der Waals surface area contributed by atoms with E-state index in [1.807, 2.05) is 0 Å². The Balaban J connectivity index is 2.67. The highest BCUT2D eigenvalue weighted by atomic mass is 32.2. The fourth-order valence-corrected chi connectivity index (χ4v) is 2.01. The van der Waals surface area contributed by atoms with Gasteiger partial charge in [0.05, 0.1) is 16.7 Å². The quantitative estimate of drug-likeness (QED) is 0.823. The van der Waals surface area contributed by atoms with E-state index in [0.717, 1.165) is 12.1 Å². The van der Waals surface area contributed by atoms with Crippen LogP contribution in [0.3, 0.4) is 0 Å². The maximum atomic E-state index is 11.1. The zero-order valence-electron chi connectivity index (χ0n) is 8.90. The molecule has 0 bridgehead atoms. The summed E-state index contributed by atoms with van der Waals surface area (Å²) in [7, 11) is -4.44. The third-order valence-electron chi connectivity index (χ3n) is 2.31. The van der Waals surface area contributed by atoms with Crippen LogP contribution in [0, 0.1) is 0 Å². The van der Waals surface area contributed by atoms with E-state index >= 15 is 0 Å². The summed E-state index contributed by atoms with van der Waals surface area (Å²) in [6.07, 6.45) is 1.37. The van der Waals surface area contributed by atoms with Crippen molar-refractivity contribution in [3.05, 3.63) is 42.2 Å². The van der Waals surface area contributed by atoms with Crippen LogP contribution in [0.2, 0.25) is 0 Å². The Kier molecular flexibility index (Phi) is 2.93. The van der Waals surface area contributed by atoms with Crippen LogP contribution in [0.15, 0.2) is 45.9 Å². The van der Waals surface area contributed by atoms with E-state index < -0.39 is 21.0 Å². The molecule has 0 amide bonds. The van der Waals surface area contributed by atoms with Crippen molar-refractivity contribution < 1.29 is 27.3 Å². The molecule has 7 heteroatoms. The molecule has 1 heterocycles. The number of carbonyl (C=O) groups is 1. The van der Waals surface area contributed by atoms with Gasteiger partial charge in [0, 0.05) is 5.56 Å². The summed E-state index contributed by atoms with van der Waals surface area (Å²) in [5.41, 5.74) is -0.0278. The van der Waals surface area contributed by atoms with E-state index in [9.17, 15) is 13.2 Å². The van der Waals surface area contributed by atoms with Crippen LogP contribution in [-0.2, 0) is 10.1 Å². The molecule has 0 aliphatic rings. The highest BCUT2D eigenvalue weighted by Crippen LogP contribution is 2.26. The van der Waals surface area contributed by atoms with Crippen LogP contribution < -0.4 is 0 Å². The number of rotatable bonds is 3. The second kappa shape index (κ2) is 4.28. The average molecular weight is 268 g/mol. The third kappa shape index (κ3) is 2.27. The molecule has 1 aromatic heterocycles. The molecular weight excluding hydrogens is 260 g/mol. The van der Waals surface area contributed by atoms with Crippen molar-refractivity contribution in [3.63, 3.8) is 0 Å². The molecule has 1 aromatic carbocycles. The van der Waals surface area contributed by atoms with Crippen LogP contribution >= 0.6 is 0 Å². The van der Waals surface area contributed by atoms with E-state index in [1.165, 1.54) is 12.3 Å². The molecular formula is C11H8O6S. The smallest absolute Gasteiger partial charge is 0.336 e. The Morgan fingerprint density at radius 3 is 2.44 bits per heavy atom. The van der Waals surface area contributed by atoms with Gasteiger partial charge in [-0.05, 0) is 30.3 Å². The minimum atomic E-state index is -4.44. The van der Waals surface area contributed by atoms with Gasteiger partial charge < -0.3 is 9.52 Å². The van der Waals surface area contributed by atoms with Gasteiger partial charge in [0.25, 0.3) is 10.1 Å². The lowest BCUT2D eigenvalue weighted by Crippen LogP contribution is -2.04. The van der Waals surface area contributed by atoms with Crippen molar-refractivity contribution in [1.29, 1.82) is 0 Å². The maximum Gasteiger partial charge on any atom is 0.336 e. The van der Waals surface area contributed by atoms with E-state index in [1.54, 1.807) is 12.1 Å². The second-order valence-electron chi connectivity index (χ2n) is 3.46. The van der Waals surface area contributed by atoms with E-state index in [2.05, 4.69) is 0 Å². The Labute approximate surface area is 102 Å². The van der Waals surface area contributed by atoms with Gasteiger partial charge in [0.15, 0.2) is 0 Å². The predicted molar refractivity (Wildman–Crippen MR) is 60.9 cm³/mol. The molecule has 94 valence electrons. The summed E-state index contributed by atoms with van der Waals surface area (Å²) >= 11 is 0. The molecule has 2 aromatic rings. The number of benzene rings is 1. The van der Waals surface area contributed by atoms with Gasteiger partial charge in [-0.15, -0.1) is 0 Å². The van der Waals surface area contributed by atoms with Gasteiger partial charge >= 0.3 is 5.97 Å². The van der Waals surface area contributed by atoms with Crippen LogP contribution in [-0.4, -0.2) is 24.0 Å². The Hall–Kier alpha value is -2.12. The van der Waals surface area contributed by atoms with Crippen LogP contribution in [0.4, 0.5) is 0 Å². The fraction of sp³-hybridized carbons (Fsp3) is 0. The lowest BCUT2D eigenvalue weighted by atomic mass is 10.1. The van der Waals surface area contributed by atoms with Gasteiger partial charge in [-0.1, -0.05) is 0 Å². The van der Waals surface area contributed by atoms with Crippen molar-refractivity contribution in [2.75, 3.05) is 0 Å². The zero-order valence-corrected chi connectivity index (χ0v) is 9.72. The molecule has 0 saturated carbocycles. The fourth-order valence-electron chi connectivity index (χ4n) is 1.51. The summed E-state index contributed by atoms with van der Waals surface area (Å²) in [5.74, 6) is -1.01. The highest BCUT2D eigenvalue weighted by Gasteiger charge is 2.18. The first-order valence-corrected chi connectivity index (χ1v) is 6.22. The van der Waals surface area contributed by atoms with Gasteiger partial charge in [0.2, 0.25) is 0 Å². The van der Waals surface area contributed by atoms with Crippen molar-refractivity contribution >= 4 is 16.1 Å². The molecule has 0 spiro atoms. The van der Waals surface area contributed by atoms with Gasteiger partial charge in [-0.2, -0.15) is 8.42 Å². The Morgan fingerprint density at radius 1 is 1.22 bits per heavy atom. The first kappa shape index (κ1) is 12.3. The molecule has 0 unspecified atom stereocenters. The molecule has 0 aliphatic heterocycles. The van der Waals surface area contributed by atoms with Gasteiger partial charge in [-0.25, -0.2) is 4.79 Å². The summed E-state index contributed by atoms with van der Waals surface area (Å²) in [6.45, 7) is 0. The van der Waals surface area contributed by atoms with Crippen molar-refractivity contribution in [2.24, 2.45) is 0 Å². The number of furan rings is 1. The molecule has 0 radical (unpaired) electrons. The number of carboxylic acid groups (broad SMARTS) is 1. The molecule has 18 heavy (non-hydrogen) atoms. The van der Waals surface area contributed by atoms with Crippen LogP contribution in [0.5, 0.6) is 0 Å². The number of hydrogen-bond acceptors (Lipinski definition) is 4. The molecule has 2 rings (SSSR count). The second-order valence-corrected chi connectivity index (χ2v) is 4.89. The first-order chi connectivity index (χ1) is 8.39. The summed E-state index contributed by atoms with van der Waals surface area (Å²) < 4.78 is 35.8. The predicted octanol–water partition coefficient (Wildman–Crippen LogP) is 1.89. The highest BCUT2D eigenvalue weighted by molar-refractivity contribution is 7.85. The lowest BCUT2D eigenvalue weighted by molar-refractivity contribution is 0.0697. The lowest BCUT2D eigenvalue weighted by Gasteiger charge is -2.05. The maximum absolute atomic E-state index is 11.1. The topological polar surface area (TPSA) is 105 Å². The number of hydrogen-bond donors (Lipinski definition) is 2. The van der Waals surface area contributed by atoms with Crippen LogP contribution in [0.25, 0.3) is 11.3 Å². The van der Waals surface area contributed by atoms with E-state index in [-0.39, 0.29) is 11.1 Å². The minimum Gasteiger partial charge on any atom is -0.478 e. The normalized spacial score (nSPS) is 11.4. The summed E-state index contributed by atoms with van der Waals surface area (Å²) in [5, 5.41) is 9.04. The molecule has 2 N–H and O–H groups in total. The third-order valence-corrected chi connectivity index (χ3v) is 3.16. The SMILES string of the molecule is O=C(O)c1cc(S(=O)(=O)O)ccc1-c1ccco1. The summed E-state index contributed by atoms with van der Waals surface area (Å²) in [6, 6.07) is 6.40. The van der Waals surface area contributed by atoms with Crippen LogP contribution in [0.1, 0.15) is 10.4 Å². The van der Waals surface area contributed by atoms with Gasteiger partial charge in [0.1, 0.15) is 5.76 Å². The van der Waals surface area contributed by atoms with Crippen molar-refractivity contribution in [2.45, 2.75) is 4.90 Å². The molecule has 0 saturated heterocycles. The first-order valence-electron chi connectivity index (χ1n) is 4.78. The standard InChI is InChI=1S/C11H8O6S/c12-11(13)9-6-7(18(14,15)16)3-4-8(9)10-2-1-5-17-10/h1-6H,(H,12,13)(H,14,15,16). The van der Waals surface area contributed by atoms with E-state index in [0.29, 0.717) is 5.76 Å². The molecule has 0 fully saturated rings. The average Bonchev–Trinajstić information content (AvgIpc) is 2.80. The monoisotopic (exact) mass is 268 g/mol. The van der Waals surface area contributed by atoms with Crippen molar-refractivity contribution in [3.8, 4) is 11.3 Å². The van der Waals surface area contributed by atoms with Crippen molar-refractivity contribution in [1.82, 2.24) is 0 Å². The minimum absolute atomic E-state index is 0.236.